The topological polar surface area (TPSA) is 89.6 Å². The van der Waals surface area contributed by atoms with Gasteiger partial charge in [0.2, 0.25) is 12.5 Å². The van der Waals surface area contributed by atoms with Gasteiger partial charge in [-0.15, -0.1) is 0 Å². The van der Waals surface area contributed by atoms with E-state index in [1.165, 1.54) is 22.5 Å². The Morgan fingerprint density at radius 3 is 2.74 bits per heavy atom. The van der Waals surface area contributed by atoms with E-state index in [1.54, 1.807) is 4.90 Å². The molecule has 1 aromatic heterocycles. The highest BCUT2D eigenvalue weighted by Crippen LogP contribution is 2.35. The summed E-state index contributed by atoms with van der Waals surface area (Å²) < 4.78 is 6.22. The van der Waals surface area contributed by atoms with Gasteiger partial charge in [0.1, 0.15) is 18.5 Å². The number of ether oxygens (including phenoxy) is 1. The maximum atomic E-state index is 12.5. The fourth-order valence-electron chi connectivity index (χ4n) is 6.54. The minimum absolute atomic E-state index is 0.0896. The van der Waals surface area contributed by atoms with Gasteiger partial charge in [0.15, 0.2) is 0 Å². The zero-order chi connectivity index (χ0) is 29.2. The second-order valence-electron chi connectivity index (χ2n) is 11.4. The lowest BCUT2D eigenvalue weighted by Gasteiger charge is -2.41. The second-order valence-corrected chi connectivity index (χ2v) is 11.4. The number of likely N-dealkylation sites (tertiary alicyclic amines) is 1. The molecule has 1 amide bonds. The van der Waals surface area contributed by atoms with Crippen LogP contribution in [0, 0.1) is 6.57 Å². The van der Waals surface area contributed by atoms with Crippen LogP contribution < -0.4 is 14.5 Å². The molecule has 2 fully saturated rings. The summed E-state index contributed by atoms with van der Waals surface area (Å²) >= 11 is 0. The molecule has 0 radical (unpaired) electrons. The van der Waals surface area contributed by atoms with Crippen molar-refractivity contribution < 1.29 is 14.6 Å². The lowest BCUT2D eigenvalue weighted by molar-refractivity contribution is -0.128. The van der Waals surface area contributed by atoms with Crippen molar-refractivity contribution >= 4 is 28.2 Å². The first-order valence-corrected chi connectivity index (χ1v) is 14.6. The number of hydrogen-bond donors (Lipinski definition) is 1. The summed E-state index contributed by atoms with van der Waals surface area (Å²) in [6.45, 7) is 15.4. The third-order valence-electron chi connectivity index (χ3n) is 8.74. The fraction of sp³-hybridized carbons (Fsp3) is 0.438. The van der Waals surface area contributed by atoms with Crippen LogP contribution in [0.25, 0.3) is 15.6 Å². The summed E-state index contributed by atoms with van der Waals surface area (Å²) in [5.41, 5.74) is 3.20. The van der Waals surface area contributed by atoms with Crippen LogP contribution in [0.15, 0.2) is 55.1 Å². The Hall–Kier alpha value is -4.20. The molecule has 6 rings (SSSR count). The maximum Gasteiger partial charge on any atom is 0.318 e. The molecule has 3 aliphatic rings. The fourth-order valence-corrected chi connectivity index (χ4v) is 6.54. The Kier molecular flexibility index (Phi) is 7.96. The van der Waals surface area contributed by atoms with Gasteiger partial charge in [-0.05, 0) is 37.4 Å². The molecule has 1 N–H and O–H groups in total. The SMILES string of the molecule is [C-]#[N+]C[C@H]1CN(c2nc(OC[C@H]3C[C@H](O)CN3C)nc3c2CCN(c2cccc4ccccc24)C3)CCN1C(=O)C=C. The van der Waals surface area contributed by atoms with Crippen molar-refractivity contribution in [1.29, 1.82) is 0 Å². The van der Waals surface area contributed by atoms with Gasteiger partial charge in [0, 0.05) is 55.4 Å². The number of aliphatic hydroxyl groups is 1. The third-order valence-corrected chi connectivity index (χ3v) is 8.74. The summed E-state index contributed by atoms with van der Waals surface area (Å²) in [5.74, 6) is 0.679. The molecule has 0 spiro atoms. The number of fused-ring (bicyclic) bond motifs is 2. The van der Waals surface area contributed by atoms with Gasteiger partial charge in [0.05, 0.1) is 18.3 Å². The minimum Gasteiger partial charge on any atom is -0.462 e. The van der Waals surface area contributed by atoms with Gasteiger partial charge < -0.3 is 29.4 Å². The number of aliphatic hydroxyl groups excluding tert-OH is 1. The predicted molar refractivity (Wildman–Crippen MR) is 163 cm³/mol. The van der Waals surface area contributed by atoms with Crippen molar-refractivity contribution in [2.24, 2.45) is 0 Å². The predicted octanol–water partition coefficient (Wildman–Crippen LogP) is 2.76. The number of aromatic nitrogens is 2. The van der Waals surface area contributed by atoms with Gasteiger partial charge in [-0.25, -0.2) is 6.57 Å². The van der Waals surface area contributed by atoms with Gasteiger partial charge in [-0.3, -0.25) is 9.69 Å². The van der Waals surface area contributed by atoms with E-state index in [-0.39, 0.29) is 30.6 Å². The van der Waals surface area contributed by atoms with Crippen LogP contribution in [0.5, 0.6) is 6.01 Å². The van der Waals surface area contributed by atoms with E-state index < -0.39 is 0 Å². The van der Waals surface area contributed by atoms with E-state index >= 15 is 0 Å². The smallest absolute Gasteiger partial charge is 0.318 e. The van der Waals surface area contributed by atoms with Gasteiger partial charge in [-0.1, -0.05) is 43.0 Å². The number of likely N-dealkylation sites (N-methyl/N-ethyl adjacent to an activating group) is 1. The molecule has 10 nitrogen and oxygen atoms in total. The van der Waals surface area contributed by atoms with Crippen molar-refractivity contribution in [3.63, 3.8) is 0 Å². The van der Waals surface area contributed by atoms with Crippen molar-refractivity contribution in [2.75, 3.05) is 62.7 Å². The van der Waals surface area contributed by atoms with Crippen LogP contribution in [0.4, 0.5) is 11.5 Å². The van der Waals surface area contributed by atoms with Crippen LogP contribution in [-0.4, -0.2) is 102 Å². The van der Waals surface area contributed by atoms with E-state index in [2.05, 4.69) is 68.6 Å². The molecule has 3 aromatic rings. The highest BCUT2D eigenvalue weighted by Gasteiger charge is 2.35. The third kappa shape index (κ3) is 5.50. The molecule has 10 heteroatoms. The number of hydrogen-bond acceptors (Lipinski definition) is 8. The average molecular weight is 568 g/mol. The zero-order valence-corrected chi connectivity index (χ0v) is 24.0. The molecule has 0 bridgehead atoms. The Balaban J connectivity index is 1.32. The minimum atomic E-state index is -0.355. The number of rotatable bonds is 7. The maximum absolute atomic E-state index is 12.5. The summed E-state index contributed by atoms with van der Waals surface area (Å²) in [4.78, 5) is 34.4. The summed E-state index contributed by atoms with van der Waals surface area (Å²) in [7, 11) is 1.99. The zero-order valence-electron chi connectivity index (χ0n) is 24.0. The molecule has 4 heterocycles. The average Bonchev–Trinajstić information content (AvgIpc) is 3.34. The molecule has 3 atom stereocenters. The van der Waals surface area contributed by atoms with Gasteiger partial charge in [-0.2, -0.15) is 9.97 Å². The number of carbonyl (C=O) groups excluding carboxylic acids is 1. The molecular weight excluding hydrogens is 530 g/mol. The van der Waals surface area contributed by atoms with Crippen LogP contribution in [0.1, 0.15) is 17.7 Å². The molecule has 0 aliphatic carbocycles. The molecule has 2 saturated heterocycles. The highest BCUT2D eigenvalue weighted by atomic mass is 16.5. The molecule has 218 valence electrons. The summed E-state index contributed by atoms with van der Waals surface area (Å²) in [6, 6.07) is 15.0. The standard InChI is InChI=1S/C32H37N7O3/c1-4-30(41)39-15-14-38(18-24(39)17-33-2)31-27-12-13-37(29-11-7-9-22-8-5-6-10-26(22)29)20-28(27)34-32(35-31)42-21-23-16-25(40)19-36(23)3/h4-11,23-25,40H,1,12-21H2,3H3/t23-,24+,25+/m1/s1. The Morgan fingerprint density at radius 2 is 1.95 bits per heavy atom. The molecular formula is C32H37N7O3. The van der Waals surface area contributed by atoms with Gasteiger partial charge in [0.25, 0.3) is 0 Å². The monoisotopic (exact) mass is 567 g/mol. The lowest BCUT2D eigenvalue weighted by atomic mass is 10.0. The lowest BCUT2D eigenvalue weighted by Crippen LogP contribution is -2.56. The second kappa shape index (κ2) is 12.0. The highest BCUT2D eigenvalue weighted by molar-refractivity contribution is 5.94. The first-order chi connectivity index (χ1) is 20.4. The number of amides is 1. The first-order valence-electron chi connectivity index (χ1n) is 14.6. The number of anilines is 2. The van der Waals surface area contributed by atoms with E-state index in [0.717, 1.165) is 30.0 Å². The number of benzene rings is 2. The van der Waals surface area contributed by atoms with E-state index in [0.29, 0.717) is 51.8 Å². The molecule has 42 heavy (non-hydrogen) atoms. The summed E-state index contributed by atoms with van der Waals surface area (Å²) in [5, 5.41) is 12.5. The van der Waals surface area contributed by atoms with Crippen molar-refractivity contribution in [3.05, 3.63) is 77.8 Å². The summed E-state index contributed by atoms with van der Waals surface area (Å²) in [6.07, 6.45) is 2.39. The van der Waals surface area contributed by atoms with Gasteiger partial charge >= 0.3 is 6.01 Å². The number of carbonyl (C=O) groups is 1. The molecule has 0 saturated carbocycles. The number of piperazine rings is 1. The van der Waals surface area contributed by atoms with Crippen LogP contribution in [0.2, 0.25) is 0 Å². The Bertz CT molecular complexity index is 1520. The molecule has 3 aliphatic heterocycles. The Morgan fingerprint density at radius 1 is 1.12 bits per heavy atom. The number of β-amino-alcohol motifs (C(OH)–C–C–N with tert-alkyl or cyclic N) is 1. The van der Waals surface area contributed by atoms with E-state index in [1.807, 2.05) is 7.05 Å². The van der Waals surface area contributed by atoms with Crippen LogP contribution >= 0.6 is 0 Å². The molecule has 2 aromatic carbocycles. The van der Waals surface area contributed by atoms with Crippen molar-refractivity contribution in [3.8, 4) is 6.01 Å². The van der Waals surface area contributed by atoms with Crippen molar-refractivity contribution in [1.82, 2.24) is 19.8 Å². The van der Waals surface area contributed by atoms with Crippen LogP contribution in [-0.2, 0) is 17.8 Å². The molecule has 0 unspecified atom stereocenters. The first kappa shape index (κ1) is 27.9. The number of nitrogens with zero attached hydrogens (tertiary/aromatic N) is 7. The van der Waals surface area contributed by atoms with Crippen molar-refractivity contribution in [2.45, 2.75) is 37.6 Å². The quantitative estimate of drug-likeness (QED) is 0.345. The normalized spacial score (nSPS) is 22.6. The van der Waals surface area contributed by atoms with E-state index in [4.69, 9.17) is 21.3 Å². The largest absolute Gasteiger partial charge is 0.462 e. The Labute approximate surface area is 246 Å². The van der Waals surface area contributed by atoms with Crippen LogP contribution in [0.3, 0.4) is 0 Å². The van der Waals surface area contributed by atoms with E-state index in [9.17, 15) is 9.90 Å².